The quantitative estimate of drug-likeness (QED) is 0.611. The van der Waals surface area contributed by atoms with Gasteiger partial charge in [-0.05, 0) is 12.1 Å². The number of Topliss-reactive ketones (excluding diaryl/α,β-unsaturated/α-hetero) is 1. The highest BCUT2D eigenvalue weighted by atomic mass is 35.5. The fraction of sp³-hybridized carbons (Fsp3) is 0.222. The molecule has 2 aromatic carbocycles. The zero-order valence-corrected chi connectivity index (χ0v) is 15.1. The monoisotopic (exact) mass is 382 g/mol. The summed E-state index contributed by atoms with van der Waals surface area (Å²) in [6.45, 7) is 0. The molecular weight excluding hydrogens is 367 g/mol. The summed E-state index contributed by atoms with van der Waals surface area (Å²) < 4.78 is 0. The first-order chi connectivity index (χ1) is 11.5. The number of carboxylic acids is 1. The number of hydrogen-bond acceptors (Lipinski definition) is 3. The molecule has 2 aromatic rings. The number of aliphatic carboxylic acids is 1. The van der Waals surface area contributed by atoms with Crippen LogP contribution in [-0.4, -0.2) is 22.6 Å². The molecule has 1 unspecified atom stereocenters. The maximum Gasteiger partial charge on any atom is 0.304 e. The maximum absolute atomic E-state index is 12.5. The molecule has 24 heavy (non-hydrogen) atoms. The Hall–Kier alpha value is -1.49. The highest BCUT2D eigenvalue weighted by Crippen LogP contribution is 2.41. The topological polar surface area (TPSA) is 54.4 Å². The Morgan fingerprint density at radius 1 is 1.00 bits per heavy atom. The lowest BCUT2D eigenvalue weighted by atomic mass is 10.0. The van der Waals surface area contributed by atoms with E-state index < -0.39 is 5.97 Å². The number of hydrogen-bond donors (Lipinski definition) is 1. The van der Waals surface area contributed by atoms with Crippen LogP contribution in [0.5, 0.6) is 0 Å². The lowest BCUT2D eigenvalue weighted by Gasteiger charge is -2.19. The highest BCUT2D eigenvalue weighted by molar-refractivity contribution is 7.99. The van der Waals surface area contributed by atoms with Gasteiger partial charge in [-0.25, -0.2) is 0 Å². The first-order valence-electron chi connectivity index (χ1n) is 7.34. The Morgan fingerprint density at radius 3 is 2.21 bits per heavy atom. The van der Waals surface area contributed by atoms with Crippen molar-refractivity contribution in [2.24, 2.45) is 0 Å². The van der Waals surface area contributed by atoms with Gasteiger partial charge in [0, 0.05) is 38.6 Å². The van der Waals surface area contributed by atoms with Crippen LogP contribution < -0.4 is 0 Å². The number of rotatable bonds is 8. The zero-order valence-electron chi connectivity index (χ0n) is 12.7. The minimum atomic E-state index is -0.874. The normalized spacial score (nSPS) is 11.9. The predicted octanol–water partition coefficient (Wildman–Crippen LogP) is 5.52. The van der Waals surface area contributed by atoms with E-state index in [4.69, 9.17) is 28.3 Å². The summed E-state index contributed by atoms with van der Waals surface area (Å²) in [6.07, 6.45) is 0.223. The Balaban J connectivity index is 2.22. The van der Waals surface area contributed by atoms with Gasteiger partial charge < -0.3 is 5.11 Å². The Labute approximate surface area is 155 Å². The third kappa shape index (κ3) is 5.26. The molecule has 2 rings (SSSR count). The Morgan fingerprint density at radius 2 is 1.62 bits per heavy atom. The van der Waals surface area contributed by atoms with Gasteiger partial charge in [0.2, 0.25) is 0 Å². The van der Waals surface area contributed by atoms with Crippen LogP contribution >= 0.6 is 35.0 Å². The van der Waals surface area contributed by atoms with Gasteiger partial charge in [-0.1, -0.05) is 59.6 Å². The van der Waals surface area contributed by atoms with Crippen molar-refractivity contribution in [1.29, 1.82) is 0 Å². The van der Waals surface area contributed by atoms with Crippen LogP contribution in [0.15, 0.2) is 48.5 Å². The van der Waals surface area contributed by atoms with E-state index in [-0.39, 0.29) is 23.9 Å². The van der Waals surface area contributed by atoms with Crippen molar-refractivity contribution in [3.05, 3.63) is 69.7 Å². The SMILES string of the molecule is O=C(O)CCSC(CC(=O)c1ccccc1)c1c(Cl)cccc1Cl. The molecule has 1 atom stereocenters. The molecule has 0 aliphatic carbocycles. The predicted molar refractivity (Wildman–Crippen MR) is 99.3 cm³/mol. The molecular formula is C18H16Cl2O3S. The Bertz CT molecular complexity index is 699. The Kier molecular flexibility index (Phi) is 7.16. The number of carbonyl (C=O) groups is 2. The summed E-state index contributed by atoms with van der Waals surface area (Å²) >= 11 is 13.9. The van der Waals surface area contributed by atoms with E-state index in [0.29, 0.717) is 26.9 Å². The minimum Gasteiger partial charge on any atom is -0.481 e. The van der Waals surface area contributed by atoms with E-state index >= 15 is 0 Å². The lowest BCUT2D eigenvalue weighted by molar-refractivity contribution is -0.136. The molecule has 0 saturated heterocycles. The number of benzene rings is 2. The average molecular weight is 383 g/mol. The molecule has 0 spiro atoms. The van der Waals surface area contributed by atoms with Crippen LogP contribution in [0.25, 0.3) is 0 Å². The molecule has 0 saturated carbocycles. The van der Waals surface area contributed by atoms with Crippen LogP contribution in [0.3, 0.4) is 0 Å². The number of thioether (sulfide) groups is 1. The molecule has 0 amide bonds. The highest BCUT2D eigenvalue weighted by Gasteiger charge is 2.22. The van der Waals surface area contributed by atoms with Crippen molar-refractivity contribution in [3.63, 3.8) is 0 Å². The van der Waals surface area contributed by atoms with Gasteiger partial charge in [0.1, 0.15) is 0 Å². The maximum atomic E-state index is 12.5. The second-order valence-corrected chi connectivity index (χ2v) is 7.26. The molecule has 0 fully saturated rings. The largest absolute Gasteiger partial charge is 0.481 e. The number of halogens is 2. The fourth-order valence-corrected chi connectivity index (χ4v) is 4.32. The van der Waals surface area contributed by atoms with Crippen LogP contribution in [-0.2, 0) is 4.79 Å². The molecule has 0 bridgehead atoms. The average Bonchev–Trinajstić information content (AvgIpc) is 2.55. The van der Waals surface area contributed by atoms with E-state index in [2.05, 4.69) is 0 Å². The molecule has 6 heteroatoms. The molecule has 1 N–H and O–H groups in total. The van der Waals surface area contributed by atoms with Crippen molar-refractivity contribution in [2.75, 3.05) is 5.75 Å². The van der Waals surface area contributed by atoms with Gasteiger partial charge in [-0.2, -0.15) is 11.8 Å². The summed E-state index contributed by atoms with van der Waals surface area (Å²) in [4.78, 5) is 23.3. The van der Waals surface area contributed by atoms with Gasteiger partial charge >= 0.3 is 5.97 Å². The van der Waals surface area contributed by atoms with Gasteiger partial charge in [-0.15, -0.1) is 0 Å². The van der Waals surface area contributed by atoms with E-state index in [9.17, 15) is 9.59 Å². The number of carboxylic acid groups (broad SMARTS) is 1. The van der Waals surface area contributed by atoms with Crippen LogP contribution in [0.1, 0.15) is 34.0 Å². The molecule has 0 heterocycles. The second-order valence-electron chi connectivity index (χ2n) is 5.13. The van der Waals surface area contributed by atoms with Gasteiger partial charge in [-0.3, -0.25) is 9.59 Å². The fourth-order valence-electron chi connectivity index (χ4n) is 2.26. The summed E-state index contributed by atoms with van der Waals surface area (Å²) in [6, 6.07) is 14.2. The second kappa shape index (κ2) is 9.11. The summed E-state index contributed by atoms with van der Waals surface area (Å²) in [7, 11) is 0. The van der Waals surface area contributed by atoms with Gasteiger partial charge in [0.05, 0.1) is 6.42 Å². The van der Waals surface area contributed by atoms with Crippen molar-refractivity contribution >= 4 is 46.7 Å². The summed E-state index contributed by atoms with van der Waals surface area (Å²) in [5.74, 6) is -0.524. The minimum absolute atomic E-state index is 0.0166. The van der Waals surface area contributed by atoms with E-state index in [1.165, 1.54) is 11.8 Å². The van der Waals surface area contributed by atoms with Crippen molar-refractivity contribution < 1.29 is 14.7 Å². The standard InChI is InChI=1S/C18H16Cl2O3S/c19-13-7-4-8-14(20)18(13)16(24-10-9-17(22)23)11-15(21)12-5-2-1-3-6-12/h1-8,16H,9-11H2,(H,22,23). The number of carbonyl (C=O) groups excluding carboxylic acids is 1. The summed E-state index contributed by atoms with van der Waals surface area (Å²) in [5, 5.41) is 9.51. The molecule has 0 aliphatic heterocycles. The van der Waals surface area contributed by atoms with E-state index in [0.717, 1.165) is 0 Å². The first-order valence-corrected chi connectivity index (χ1v) is 9.15. The van der Waals surface area contributed by atoms with Crippen molar-refractivity contribution in [3.8, 4) is 0 Å². The number of ketones is 1. The smallest absolute Gasteiger partial charge is 0.304 e. The molecule has 126 valence electrons. The third-order valence-electron chi connectivity index (χ3n) is 3.42. The lowest BCUT2D eigenvalue weighted by Crippen LogP contribution is -2.08. The van der Waals surface area contributed by atoms with Gasteiger partial charge in [0.15, 0.2) is 5.78 Å². The van der Waals surface area contributed by atoms with Crippen LogP contribution in [0, 0.1) is 0 Å². The zero-order chi connectivity index (χ0) is 17.5. The van der Waals surface area contributed by atoms with Gasteiger partial charge in [0.25, 0.3) is 0 Å². The van der Waals surface area contributed by atoms with Crippen molar-refractivity contribution in [1.82, 2.24) is 0 Å². The molecule has 3 nitrogen and oxygen atoms in total. The third-order valence-corrected chi connectivity index (χ3v) is 5.33. The molecule has 0 aliphatic rings. The molecule has 0 aromatic heterocycles. The van der Waals surface area contributed by atoms with E-state index in [1.807, 2.05) is 18.2 Å². The van der Waals surface area contributed by atoms with Crippen molar-refractivity contribution in [2.45, 2.75) is 18.1 Å². The first kappa shape index (κ1) is 18.8. The van der Waals surface area contributed by atoms with Crippen LogP contribution in [0.2, 0.25) is 10.0 Å². The van der Waals surface area contributed by atoms with E-state index in [1.54, 1.807) is 30.3 Å². The summed E-state index contributed by atoms with van der Waals surface area (Å²) in [5.41, 5.74) is 1.30. The van der Waals surface area contributed by atoms with Crippen LogP contribution in [0.4, 0.5) is 0 Å². The molecule has 0 radical (unpaired) electrons.